The van der Waals surface area contributed by atoms with Crippen LogP contribution in [0.4, 0.5) is 4.79 Å². The first-order valence-electron chi connectivity index (χ1n) is 8.46. The van der Waals surface area contributed by atoms with E-state index in [2.05, 4.69) is 34.9 Å². The zero-order valence-electron chi connectivity index (χ0n) is 14.5. The van der Waals surface area contributed by atoms with Crippen LogP contribution < -0.4 is 10.6 Å². The first-order chi connectivity index (χ1) is 12.0. The molecular formula is C20H23N3O2. The lowest BCUT2D eigenvalue weighted by Crippen LogP contribution is -2.41. The van der Waals surface area contributed by atoms with Crippen LogP contribution in [0.25, 0.3) is 0 Å². The van der Waals surface area contributed by atoms with Crippen molar-refractivity contribution in [3.63, 3.8) is 0 Å². The van der Waals surface area contributed by atoms with Gasteiger partial charge in [-0.3, -0.25) is 9.69 Å². The monoisotopic (exact) mass is 337 g/mol. The van der Waals surface area contributed by atoms with Gasteiger partial charge in [-0.2, -0.15) is 0 Å². The Morgan fingerprint density at radius 3 is 1.92 bits per heavy atom. The van der Waals surface area contributed by atoms with Gasteiger partial charge >= 0.3 is 6.03 Å². The average molecular weight is 337 g/mol. The summed E-state index contributed by atoms with van der Waals surface area (Å²) in [6.07, 6.45) is 0. The second kappa shape index (κ2) is 7.07. The molecular weight excluding hydrogens is 314 g/mol. The van der Waals surface area contributed by atoms with E-state index in [0.717, 1.165) is 11.1 Å². The lowest BCUT2D eigenvalue weighted by Gasteiger charge is -2.22. The van der Waals surface area contributed by atoms with E-state index in [1.807, 2.05) is 36.4 Å². The van der Waals surface area contributed by atoms with E-state index in [4.69, 9.17) is 0 Å². The molecule has 1 fully saturated rings. The topological polar surface area (TPSA) is 61.4 Å². The summed E-state index contributed by atoms with van der Waals surface area (Å²) in [7, 11) is 0. The van der Waals surface area contributed by atoms with Crippen LogP contribution in [-0.2, 0) is 4.79 Å². The third-order valence-corrected chi connectivity index (χ3v) is 4.39. The van der Waals surface area contributed by atoms with Crippen LogP contribution >= 0.6 is 0 Å². The minimum Gasteiger partial charge on any atom is -0.324 e. The molecule has 0 aliphatic carbocycles. The molecule has 0 aromatic heterocycles. The van der Waals surface area contributed by atoms with Crippen molar-refractivity contribution in [2.45, 2.75) is 25.4 Å². The quantitative estimate of drug-likeness (QED) is 0.797. The second-order valence-corrected chi connectivity index (χ2v) is 6.72. The normalized spacial score (nSPS) is 16.4. The highest BCUT2D eigenvalue weighted by atomic mass is 16.2. The van der Waals surface area contributed by atoms with E-state index in [0.29, 0.717) is 13.1 Å². The van der Waals surface area contributed by atoms with E-state index >= 15 is 0 Å². The van der Waals surface area contributed by atoms with Gasteiger partial charge in [-0.05, 0) is 25.0 Å². The molecule has 0 spiro atoms. The Labute approximate surface area is 148 Å². The summed E-state index contributed by atoms with van der Waals surface area (Å²) in [5.74, 6) is -0.185. The number of nitrogens with one attached hydrogen (secondary N) is 2. The van der Waals surface area contributed by atoms with Crippen molar-refractivity contribution < 1.29 is 9.59 Å². The standard InChI is InChI=1S/C20H23N3O2/c1-20(2)18(24)23(19(25)22-20)14-13-21-17(15-9-5-3-6-10-15)16-11-7-4-8-12-16/h3-12,17,21H,13-14H2,1-2H3,(H,22,25). The molecule has 1 heterocycles. The lowest BCUT2D eigenvalue weighted by molar-refractivity contribution is -0.130. The summed E-state index contributed by atoms with van der Waals surface area (Å²) in [5, 5.41) is 6.18. The van der Waals surface area contributed by atoms with Crippen molar-refractivity contribution >= 4 is 11.9 Å². The molecule has 130 valence electrons. The number of nitrogens with zero attached hydrogens (tertiary/aromatic N) is 1. The van der Waals surface area contributed by atoms with E-state index in [1.165, 1.54) is 4.90 Å². The highest BCUT2D eigenvalue weighted by Crippen LogP contribution is 2.22. The van der Waals surface area contributed by atoms with Gasteiger partial charge in [-0.1, -0.05) is 60.7 Å². The summed E-state index contributed by atoms with van der Waals surface area (Å²) in [4.78, 5) is 25.5. The summed E-state index contributed by atoms with van der Waals surface area (Å²) in [6, 6.07) is 20.0. The zero-order valence-corrected chi connectivity index (χ0v) is 14.5. The number of urea groups is 1. The number of carbonyl (C=O) groups excluding carboxylic acids is 2. The third kappa shape index (κ3) is 3.72. The first-order valence-corrected chi connectivity index (χ1v) is 8.46. The smallest absolute Gasteiger partial charge is 0.324 e. The molecule has 0 bridgehead atoms. The van der Waals surface area contributed by atoms with Crippen molar-refractivity contribution in [2.24, 2.45) is 0 Å². The molecule has 2 aromatic rings. The number of benzene rings is 2. The maximum Gasteiger partial charge on any atom is 0.325 e. The second-order valence-electron chi connectivity index (χ2n) is 6.72. The Kier molecular flexibility index (Phi) is 4.86. The number of imide groups is 1. The summed E-state index contributed by atoms with van der Waals surface area (Å²) >= 11 is 0. The molecule has 5 nitrogen and oxygen atoms in total. The fourth-order valence-corrected chi connectivity index (χ4v) is 3.06. The Balaban J connectivity index is 1.70. The molecule has 2 aromatic carbocycles. The van der Waals surface area contributed by atoms with E-state index in [-0.39, 0.29) is 18.0 Å². The van der Waals surface area contributed by atoms with E-state index < -0.39 is 5.54 Å². The van der Waals surface area contributed by atoms with E-state index in [1.54, 1.807) is 13.8 Å². The van der Waals surface area contributed by atoms with Crippen molar-refractivity contribution in [2.75, 3.05) is 13.1 Å². The molecule has 5 heteroatoms. The van der Waals surface area contributed by atoms with Crippen molar-refractivity contribution in [1.82, 2.24) is 15.5 Å². The summed E-state index contributed by atoms with van der Waals surface area (Å²) in [6.45, 7) is 4.29. The number of rotatable bonds is 6. The highest BCUT2D eigenvalue weighted by molar-refractivity contribution is 6.06. The molecule has 3 amide bonds. The molecule has 2 N–H and O–H groups in total. The average Bonchev–Trinajstić information content (AvgIpc) is 2.81. The van der Waals surface area contributed by atoms with Crippen molar-refractivity contribution in [1.29, 1.82) is 0 Å². The fraction of sp³-hybridized carbons (Fsp3) is 0.300. The van der Waals surface area contributed by atoms with Crippen LogP contribution in [0.5, 0.6) is 0 Å². The SMILES string of the molecule is CC1(C)NC(=O)N(CCNC(c2ccccc2)c2ccccc2)C1=O. The zero-order chi connectivity index (χ0) is 17.9. The number of hydrogen-bond acceptors (Lipinski definition) is 3. The minimum absolute atomic E-state index is 0.0103. The molecule has 1 aliphatic heterocycles. The number of carbonyl (C=O) groups is 2. The van der Waals surface area contributed by atoms with Gasteiger partial charge in [-0.25, -0.2) is 4.79 Å². The van der Waals surface area contributed by atoms with E-state index in [9.17, 15) is 9.59 Å². The molecule has 1 aliphatic rings. The predicted octanol–water partition coefficient (Wildman–Crippen LogP) is 2.70. The molecule has 0 unspecified atom stereocenters. The highest BCUT2D eigenvalue weighted by Gasteiger charge is 2.43. The van der Waals surface area contributed by atoms with Crippen LogP contribution in [0.1, 0.15) is 31.0 Å². The van der Waals surface area contributed by atoms with Gasteiger partial charge in [0.2, 0.25) is 0 Å². The molecule has 0 radical (unpaired) electrons. The van der Waals surface area contributed by atoms with Gasteiger partial charge < -0.3 is 10.6 Å². The molecule has 0 saturated carbocycles. The van der Waals surface area contributed by atoms with Crippen molar-refractivity contribution in [3.8, 4) is 0 Å². The first kappa shape index (κ1) is 17.2. The summed E-state index contributed by atoms with van der Waals surface area (Å²) in [5.41, 5.74) is 1.47. The predicted molar refractivity (Wildman–Crippen MR) is 97.1 cm³/mol. The largest absolute Gasteiger partial charge is 0.325 e. The Bertz CT molecular complexity index is 705. The summed E-state index contributed by atoms with van der Waals surface area (Å²) < 4.78 is 0. The fourth-order valence-electron chi connectivity index (χ4n) is 3.06. The minimum atomic E-state index is -0.824. The van der Waals surface area contributed by atoms with Crippen molar-refractivity contribution in [3.05, 3.63) is 71.8 Å². The third-order valence-electron chi connectivity index (χ3n) is 4.39. The molecule has 0 atom stereocenters. The molecule has 25 heavy (non-hydrogen) atoms. The van der Waals surface area contributed by atoms with Crippen LogP contribution in [-0.4, -0.2) is 35.5 Å². The molecule has 1 saturated heterocycles. The van der Waals surface area contributed by atoms with Gasteiger partial charge in [0, 0.05) is 13.1 Å². The maximum absolute atomic E-state index is 12.3. The Hall–Kier alpha value is -2.66. The Morgan fingerprint density at radius 1 is 0.960 bits per heavy atom. The molecule has 3 rings (SSSR count). The lowest BCUT2D eigenvalue weighted by atomic mass is 9.99. The van der Waals surface area contributed by atoms with Crippen LogP contribution in [0.3, 0.4) is 0 Å². The van der Waals surface area contributed by atoms with Crippen LogP contribution in [0, 0.1) is 0 Å². The number of amides is 3. The van der Waals surface area contributed by atoms with Gasteiger partial charge in [0.15, 0.2) is 0 Å². The van der Waals surface area contributed by atoms with Crippen LogP contribution in [0.15, 0.2) is 60.7 Å². The number of hydrogen-bond donors (Lipinski definition) is 2. The van der Waals surface area contributed by atoms with Gasteiger partial charge in [0.1, 0.15) is 5.54 Å². The van der Waals surface area contributed by atoms with Gasteiger partial charge in [0.25, 0.3) is 5.91 Å². The Morgan fingerprint density at radius 2 is 1.48 bits per heavy atom. The maximum atomic E-state index is 12.3. The van der Waals surface area contributed by atoms with Crippen LogP contribution in [0.2, 0.25) is 0 Å². The van der Waals surface area contributed by atoms with Gasteiger partial charge in [0.05, 0.1) is 6.04 Å². The van der Waals surface area contributed by atoms with Gasteiger partial charge in [-0.15, -0.1) is 0 Å².